The normalized spacial score (nSPS) is 12.0. The van der Waals surface area contributed by atoms with Crippen LogP contribution in [0.2, 0.25) is 0 Å². The van der Waals surface area contributed by atoms with Crippen LogP contribution in [0.3, 0.4) is 0 Å². The Hall–Kier alpha value is -2.34. The van der Waals surface area contributed by atoms with Gasteiger partial charge >= 0.3 is 0 Å². The van der Waals surface area contributed by atoms with Crippen LogP contribution in [0.25, 0.3) is 27.9 Å². The van der Waals surface area contributed by atoms with Crippen molar-refractivity contribution in [3.8, 4) is 11.3 Å². The number of rotatable bonds is 6. The molecule has 7 heteroatoms. The Morgan fingerprint density at radius 2 is 1.68 bits per heavy atom. The largest absolute Gasteiger partial charge is 0.512 e. The maximum absolute atomic E-state index is 11.5. The molecule has 0 saturated heterocycles. The standard InChI is InChI=1S/C18H16N3S.C13H24O2.Ir/c1-10-7-11(2)9-14(8-10)16-17-15(5-6-19-16)21-18(20-17)12(3)13(4)22-21;1-8(2)11(14)7-12(15)13(9(3)4)10(5)6;/h5-8H,1-4H3;7-10,13,15H,1-6H3;/q-1;;/b;12-7-;. The first-order valence-corrected chi connectivity index (χ1v) is 13.8. The Kier molecular flexibility index (Phi) is 11.0. The van der Waals surface area contributed by atoms with Gasteiger partial charge in [0.15, 0.2) is 5.78 Å². The van der Waals surface area contributed by atoms with Gasteiger partial charge in [0.05, 0.1) is 16.8 Å². The molecule has 38 heavy (non-hydrogen) atoms. The van der Waals surface area contributed by atoms with Gasteiger partial charge in [-0.2, -0.15) is 0 Å². The summed E-state index contributed by atoms with van der Waals surface area (Å²) in [6.07, 6.45) is 3.26. The van der Waals surface area contributed by atoms with Crippen molar-refractivity contribution in [2.75, 3.05) is 0 Å². The Morgan fingerprint density at radius 1 is 1.05 bits per heavy atom. The molecule has 1 N–H and O–H groups in total. The fourth-order valence-corrected chi connectivity index (χ4v) is 5.77. The summed E-state index contributed by atoms with van der Waals surface area (Å²) in [5.74, 6) is 0.958. The SMILES string of the molecule is CC(C)C(=O)/C=C(\O)C(C(C)C)C(C)C.Cc1[c-]c(-c2nccc3c2nc2c(C)c(C)sn23)cc(C)c1.[Ir]. The molecule has 0 unspecified atom stereocenters. The first-order valence-electron chi connectivity index (χ1n) is 13.0. The topological polar surface area (TPSA) is 67.5 Å². The molecule has 0 atom stereocenters. The number of pyridine rings is 1. The van der Waals surface area contributed by atoms with E-state index in [2.05, 4.69) is 82.4 Å². The average Bonchev–Trinajstić information content (AvgIpc) is 3.28. The molecular weight excluding hydrogens is 671 g/mol. The first kappa shape index (κ1) is 31.9. The molecule has 0 spiro atoms. The molecule has 0 aliphatic heterocycles. The van der Waals surface area contributed by atoms with Gasteiger partial charge in [0.1, 0.15) is 5.65 Å². The number of aryl methyl sites for hydroxylation is 4. The average molecular weight is 711 g/mol. The van der Waals surface area contributed by atoms with E-state index in [4.69, 9.17) is 4.98 Å². The number of benzene rings is 1. The van der Waals surface area contributed by atoms with Gasteiger partial charge in [-0.1, -0.05) is 66.9 Å². The van der Waals surface area contributed by atoms with Gasteiger partial charge in [-0.05, 0) is 31.7 Å². The molecule has 0 fully saturated rings. The van der Waals surface area contributed by atoms with Gasteiger partial charge in [0.2, 0.25) is 0 Å². The Balaban J connectivity index is 0.000000282. The third kappa shape index (κ3) is 6.99. The fraction of sp³-hybridized carbons (Fsp3) is 0.452. The maximum atomic E-state index is 11.5. The van der Waals surface area contributed by atoms with Crippen LogP contribution in [0.5, 0.6) is 0 Å². The zero-order chi connectivity index (χ0) is 27.6. The van der Waals surface area contributed by atoms with E-state index in [1.165, 1.54) is 22.1 Å². The van der Waals surface area contributed by atoms with Crippen LogP contribution in [0, 0.1) is 57.4 Å². The summed E-state index contributed by atoms with van der Waals surface area (Å²) in [7, 11) is 0. The van der Waals surface area contributed by atoms with Gasteiger partial charge in [-0.25, -0.2) is 8.77 Å². The molecule has 0 amide bonds. The molecule has 3 aromatic heterocycles. The predicted molar refractivity (Wildman–Crippen MR) is 155 cm³/mol. The second-order valence-electron chi connectivity index (χ2n) is 10.9. The quantitative estimate of drug-likeness (QED) is 0.124. The van der Waals surface area contributed by atoms with Crippen LogP contribution >= 0.6 is 11.5 Å². The van der Waals surface area contributed by atoms with E-state index in [0.29, 0.717) is 11.8 Å². The minimum absolute atomic E-state index is 0. The summed E-state index contributed by atoms with van der Waals surface area (Å²) in [6, 6.07) is 9.70. The summed E-state index contributed by atoms with van der Waals surface area (Å²) in [5.41, 5.74) is 8.64. The van der Waals surface area contributed by atoms with Crippen LogP contribution in [0.1, 0.15) is 63.1 Å². The molecule has 1 aromatic carbocycles. The van der Waals surface area contributed by atoms with Gasteiger partial charge in [0, 0.05) is 60.3 Å². The van der Waals surface area contributed by atoms with E-state index in [1.807, 2.05) is 26.1 Å². The summed E-state index contributed by atoms with van der Waals surface area (Å²) >= 11 is 1.74. The number of imidazole rings is 1. The van der Waals surface area contributed by atoms with E-state index in [9.17, 15) is 9.90 Å². The van der Waals surface area contributed by atoms with E-state index in [-0.39, 0.29) is 43.5 Å². The number of aromatic nitrogens is 3. The van der Waals surface area contributed by atoms with Crippen molar-refractivity contribution in [3.63, 3.8) is 0 Å². The van der Waals surface area contributed by atoms with Crippen molar-refractivity contribution in [2.45, 2.75) is 69.2 Å². The molecule has 0 saturated carbocycles. The molecule has 0 bridgehead atoms. The number of ketones is 1. The number of carbonyl (C=O) groups excluding carboxylic acids is 1. The second kappa shape index (κ2) is 13.1. The van der Waals surface area contributed by atoms with Crippen LogP contribution in [0.4, 0.5) is 0 Å². The van der Waals surface area contributed by atoms with Gasteiger partial charge in [-0.15, -0.1) is 34.9 Å². The van der Waals surface area contributed by atoms with Crippen molar-refractivity contribution < 1.29 is 30.0 Å². The molecular formula is C31H40IrN3O2S-. The van der Waals surface area contributed by atoms with Gasteiger partial charge in [0.25, 0.3) is 0 Å². The summed E-state index contributed by atoms with van der Waals surface area (Å²) < 4.78 is 2.20. The van der Waals surface area contributed by atoms with Crippen LogP contribution < -0.4 is 0 Å². The first-order chi connectivity index (χ1) is 17.3. The number of hydrogen-bond donors (Lipinski definition) is 1. The molecule has 4 rings (SSSR count). The van der Waals surface area contributed by atoms with Crippen LogP contribution in [-0.2, 0) is 24.9 Å². The minimum Gasteiger partial charge on any atom is -0.512 e. The molecule has 1 radical (unpaired) electrons. The fourth-order valence-electron chi connectivity index (χ4n) is 4.76. The van der Waals surface area contributed by atoms with Gasteiger partial charge < -0.3 is 10.1 Å². The number of nitrogens with zero attached hydrogens (tertiary/aromatic N) is 3. The van der Waals surface area contributed by atoms with Crippen molar-refractivity contribution in [3.05, 3.63) is 63.9 Å². The van der Waals surface area contributed by atoms with Crippen LogP contribution in [-0.4, -0.2) is 24.6 Å². The van der Waals surface area contributed by atoms with Crippen molar-refractivity contribution in [1.82, 2.24) is 13.8 Å². The Bertz CT molecular complexity index is 1420. The summed E-state index contributed by atoms with van der Waals surface area (Å²) in [5, 5.41) is 9.91. The number of fused-ring (bicyclic) bond motifs is 3. The Labute approximate surface area is 244 Å². The molecule has 207 valence electrons. The molecule has 0 aliphatic rings. The van der Waals surface area contributed by atoms with E-state index in [0.717, 1.165) is 33.5 Å². The number of aliphatic hydroxyl groups is 1. The summed E-state index contributed by atoms with van der Waals surface area (Å²) in [4.78, 5) is 22.2. The number of allylic oxidation sites excluding steroid dienone is 2. The minimum atomic E-state index is -0.0490. The van der Waals surface area contributed by atoms with Crippen molar-refractivity contribution in [1.29, 1.82) is 0 Å². The van der Waals surface area contributed by atoms with E-state index in [1.54, 1.807) is 11.5 Å². The third-order valence-corrected chi connectivity index (χ3v) is 7.80. The number of aliphatic hydroxyl groups excluding tert-OH is 1. The molecule has 0 aliphatic carbocycles. The third-order valence-electron chi connectivity index (χ3n) is 6.66. The smallest absolute Gasteiger partial charge is 0.161 e. The molecule has 4 aromatic rings. The number of hydrogen-bond acceptors (Lipinski definition) is 5. The number of carbonyl (C=O) groups is 1. The van der Waals surface area contributed by atoms with Gasteiger partial charge in [-0.3, -0.25) is 4.79 Å². The molecule has 5 nitrogen and oxygen atoms in total. The zero-order valence-electron chi connectivity index (χ0n) is 24.1. The predicted octanol–water partition coefficient (Wildman–Crippen LogP) is 8.22. The van der Waals surface area contributed by atoms with Crippen LogP contribution in [0.15, 0.2) is 36.2 Å². The second-order valence-corrected chi connectivity index (χ2v) is 12.1. The zero-order valence-corrected chi connectivity index (χ0v) is 27.3. The van der Waals surface area contributed by atoms with E-state index >= 15 is 0 Å². The monoisotopic (exact) mass is 711 g/mol. The maximum Gasteiger partial charge on any atom is 0.161 e. The van der Waals surface area contributed by atoms with E-state index < -0.39 is 0 Å². The van der Waals surface area contributed by atoms with Crippen molar-refractivity contribution >= 4 is 34.0 Å². The summed E-state index contributed by atoms with van der Waals surface area (Å²) in [6.45, 7) is 20.4. The van der Waals surface area contributed by atoms with Crippen molar-refractivity contribution in [2.24, 2.45) is 23.7 Å². The Morgan fingerprint density at radius 3 is 2.24 bits per heavy atom. The molecule has 3 heterocycles.